The zero-order valence-corrected chi connectivity index (χ0v) is 11.5. The van der Waals surface area contributed by atoms with Gasteiger partial charge in [-0.05, 0) is 26.3 Å². The van der Waals surface area contributed by atoms with E-state index in [1.807, 2.05) is 0 Å². The molecule has 1 fully saturated rings. The second-order valence-corrected chi connectivity index (χ2v) is 5.78. The van der Waals surface area contributed by atoms with E-state index in [0.717, 1.165) is 25.2 Å². The van der Waals surface area contributed by atoms with E-state index in [2.05, 4.69) is 27.9 Å². The maximum Gasteiger partial charge on any atom is 0.0940 e. The third-order valence-electron chi connectivity index (χ3n) is 3.24. The molecule has 4 heteroatoms. The summed E-state index contributed by atoms with van der Waals surface area (Å²) in [6.45, 7) is 5.40. The number of thiazole rings is 1. The van der Waals surface area contributed by atoms with Gasteiger partial charge in [-0.2, -0.15) is 0 Å². The van der Waals surface area contributed by atoms with Crippen LogP contribution in [-0.2, 0) is 6.42 Å². The monoisotopic (exact) mass is 253 g/mol. The van der Waals surface area contributed by atoms with E-state index in [9.17, 15) is 0 Å². The smallest absolute Gasteiger partial charge is 0.0940 e. The minimum absolute atomic E-state index is 0.676. The van der Waals surface area contributed by atoms with Crippen LogP contribution in [0.4, 0.5) is 0 Å². The molecular formula is C13H23N3S. The van der Waals surface area contributed by atoms with Crippen molar-refractivity contribution in [2.45, 2.75) is 45.1 Å². The first-order valence-electron chi connectivity index (χ1n) is 6.70. The van der Waals surface area contributed by atoms with Gasteiger partial charge >= 0.3 is 0 Å². The van der Waals surface area contributed by atoms with Crippen molar-refractivity contribution in [3.05, 3.63) is 16.1 Å². The molecule has 1 aromatic heterocycles. The second kappa shape index (κ2) is 7.09. The van der Waals surface area contributed by atoms with Crippen molar-refractivity contribution in [3.63, 3.8) is 0 Å². The zero-order chi connectivity index (χ0) is 11.9. The third-order valence-corrected chi connectivity index (χ3v) is 4.26. The van der Waals surface area contributed by atoms with Gasteiger partial charge in [0.15, 0.2) is 0 Å². The van der Waals surface area contributed by atoms with Crippen molar-refractivity contribution in [1.29, 1.82) is 0 Å². The van der Waals surface area contributed by atoms with Crippen LogP contribution in [0, 0.1) is 6.92 Å². The summed E-state index contributed by atoms with van der Waals surface area (Å²) in [5.74, 6) is 0. The summed E-state index contributed by atoms with van der Waals surface area (Å²) < 4.78 is 0. The summed E-state index contributed by atoms with van der Waals surface area (Å²) in [5, 5.41) is 10.5. The molecule has 0 radical (unpaired) electrons. The SMILES string of the molecule is Cc1csc(CCNCC2CCCCCN2)n1. The molecule has 0 aromatic carbocycles. The summed E-state index contributed by atoms with van der Waals surface area (Å²) in [4.78, 5) is 4.47. The molecule has 3 nitrogen and oxygen atoms in total. The number of nitrogens with zero attached hydrogens (tertiary/aromatic N) is 1. The fraction of sp³-hybridized carbons (Fsp3) is 0.769. The molecule has 0 amide bonds. The minimum atomic E-state index is 0.676. The Morgan fingerprint density at radius 2 is 2.41 bits per heavy atom. The topological polar surface area (TPSA) is 37.0 Å². The molecular weight excluding hydrogens is 230 g/mol. The molecule has 1 atom stereocenters. The number of rotatable bonds is 5. The van der Waals surface area contributed by atoms with Gasteiger partial charge in [-0.3, -0.25) is 0 Å². The van der Waals surface area contributed by atoms with E-state index in [1.54, 1.807) is 11.3 Å². The van der Waals surface area contributed by atoms with E-state index < -0.39 is 0 Å². The minimum Gasteiger partial charge on any atom is -0.315 e. The summed E-state index contributed by atoms with van der Waals surface area (Å²) in [6, 6.07) is 0.676. The van der Waals surface area contributed by atoms with Crippen LogP contribution in [0.5, 0.6) is 0 Å². The number of hydrogen-bond acceptors (Lipinski definition) is 4. The first-order chi connectivity index (χ1) is 8.34. The summed E-state index contributed by atoms with van der Waals surface area (Å²) in [5.41, 5.74) is 1.15. The van der Waals surface area contributed by atoms with Crippen LogP contribution in [0.25, 0.3) is 0 Å². The fourth-order valence-corrected chi connectivity index (χ4v) is 3.04. The fourth-order valence-electron chi connectivity index (χ4n) is 2.26. The largest absolute Gasteiger partial charge is 0.315 e. The Morgan fingerprint density at radius 3 is 3.24 bits per heavy atom. The number of nitrogens with one attached hydrogen (secondary N) is 2. The van der Waals surface area contributed by atoms with Crippen molar-refractivity contribution < 1.29 is 0 Å². The van der Waals surface area contributed by atoms with Gasteiger partial charge in [-0.1, -0.05) is 12.8 Å². The molecule has 17 heavy (non-hydrogen) atoms. The first-order valence-corrected chi connectivity index (χ1v) is 7.57. The van der Waals surface area contributed by atoms with Gasteiger partial charge in [0.2, 0.25) is 0 Å². The molecule has 0 aliphatic carbocycles. The van der Waals surface area contributed by atoms with Crippen LogP contribution in [0.15, 0.2) is 5.38 Å². The second-order valence-electron chi connectivity index (χ2n) is 4.84. The Labute approximate surface area is 108 Å². The molecule has 0 saturated carbocycles. The van der Waals surface area contributed by atoms with Crippen LogP contribution >= 0.6 is 11.3 Å². The average molecular weight is 253 g/mol. The van der Waals surface area contributed by atoms with E-state index >= 15 is 0 Å². The van der Waals surface area contributed by atoms with Crippen LogP contribution in [0.1, 0.15) is 36.4 Å². The highest BCUT2D eigenvalue weighted by atomic mass is 32.1. The quantitative estimate of drug-likeness (QED) is 0.789. The highest BCUT2D eigenvalue weighted by Gasteiger charge is 2.10. The predicted octanol–water partition coefficient (Wildman–Crippen LogP) is 2.12. The maximum atomic E-state index is 4.47. The Balaban J connectivity index is 1.59. The van der Waals surface area contributed by atoms with E-state index in [-0.39, 0.29) is 0 Å². The molecule has 2 rings (SSSR count). The molecule has 1 aliphatic rings. The molecule has 1 unspecified atom stereocenters. The van der Waals surface area contributed by atoms with Crippen LogP contribution in [-0.4, -0.2) is 30.7 Å². The highest BCUT2D eigenvalue weighted by molar-refractivity contribution is 7.09. The lowest BCUT2D eigenvalue weighted by molar-refractivity contribution is 0.472. The molecule has 2 heterocycles. The van der Waals surface area contributed by atoms with Crippen LogP contribution in [0.3, 0.4) is 0 Å². The summed E-state index contributed by atoms with van der Waals surface area (Å²) in [7, 11) is 0. The standard InChI is InChI=1S/C13H23N3S/c1-11-10-17-13(16-11)6-8-14-9-12-5-3-2-4-7-15-12/h10,12,14-15H,2-9H2,1H3. The van der Waals surface area contributed by atoms with Gasteiger partial charge in [0.25, 0.3) is 0 Å². The summed E-state index contributed by atoms with van der Waals surface area (Å²) >= 11 is 1.77. The first kappa shape index (κ1) is 13.0. The molecule has 96 valence electrons. The van der Waals surface area contributed by atoms with Crippen LogP contribution < -0.4 is 10.6 Å². The lowest BCUT2D eigenvalue weighted by Gasteiger charge is -2.16. The molecule has 0 spiro atoms. The van der Waals surface area contributed by atoms with E-state index in [0.29, 0.717) is 6.04 Å². The highest BCUT2D eigenvalue weighted by Crippen LogP contribution is 2.09. The van der Waals surface area contributed by atoms with Crippen molar-refractivity contribution >= 4 is 11.3 Å². The van der Waals surface area contributed by atoms with Gasteiger partial charge in [0, 0.05) is 36.6 Å². The van der Waals surface area contributed by atoms with Crippen LogP contribution in [0.2, 0.25) is 0 Å². The number of aryl methyl sites for hydroxylation is 1. The van der Waals surface area contributed by atoms with Crippen molar-refractivity contribution in [2.24, 2.45) is 0 Å². The van der Waals surface area contributed by atoms with Crippen molar-refractivity contribution in [3.8, 4) is 0 Å². The lowest BCUT2D eigenvalue weighted by Crippen LogP contribution is -2.38. The maximum absolute atomic E-state index is 4.47. The zero-order valence-electron chi connectivity index (χ0n) is 10.7. The Morgan fingerprint density at radius 1 is 1.47 bits per heavy atom. The Bertz CT molecular complexity index is 316. The van der Waals surface area contributed by atoms with Gasteiger partial charge in [0.1, 0.15) is 0 Å². The molecule has 2 N–H and O–H groups in total. The number of hydrogen-bond donors (Lipinski definition) is 2. The van der Waals surface area contributed by atoms with Crippen molar-refractivity contribution in [2.75, 3.05) is 19.6 Å². The van der Waals surface area contributed by atoms with Crippen molar-refractivity contribution in [1.82, 2.24) is 15.6 Å². The Kier molecular flexibility index (Phi) is 5.42. The lowest BCUT2D eigenvalue weighted by atomic mass is 10.1. The summed E-state index contributed by atoms with van der Waals surface area (Å²) in [6.07, 6.45) is 6.50. The predicted molar refractivity (Wildman–Crippen MR) is 73.7 cm³/mol. The van der Waals surface area contributed by atoms with E-state index in [4.69, 9.17) is 0 Å². The molecule has 1 saturated heterocycles. The molecule has 0 bridgehead atoms. The van der Waals surface area contributed by atoms with Gasteiger partial charge < -0.3 is 10.6 Å². The average Bonchev–Trinajstić information content (AvgIpc) is 2.59. The van der Waals surface area contributed by atoms with Gasteiger partial charge in [-0.15, -0.1) is 11.3 Å². The normalized spacial score (nSPS) is 21.4. The van der Waals surface area contributed by atoms with E-state index in [1.165, 1.54) is 37.2 Å². The third kappa shape index (κ3) is 4.74. The number of aromatic nitrogens is 1. The van der Waals surface area contributed by atoms with Gasteiger partial charge in [-0.25, -0.2) is 4.98 Å². The molecule has 1 aliphatic heterocycles. The Hall–Kier alpha value is -0.450. The molecule has 1 aromatic rings. The van der Waals surface area contributed by atoms with Gasteiger partial charge in [0.05, 0.1) is 5.01 Å².